The summed E-state index contributed by atoms with van der Waals surface area (Å²) in [7, 11) is 0. The van der Waals surface area contributed by atoms with E-state index in [-0.39, 0.29) is 12.0 Å². The van der Waals surface area contributed by atoms with Crippen molar-refractivity contribution in [3.05, 3.63) is 58.6 Å². The summed E-state index contributed by atoms with van der Waals surface area (Å²) in [6.07, 6.45) is -0.270. The zero-order valence-electron chi connectivity index (χ0n) is 11.7. The number of hydrogen-bond donors (Lipinski definition) is 2. The molecule has 5 heteroatoms. The molecule has 2 rings (SSSR count). The average Bonchev–Trinajstić information content (AvgIpc) is 2.47. The van der Waals surface area contributed by atoms with E-state index >= 15 is 0 Å². The number of hydrogen-bond acceptors (Lipinski definition) is 3. The van der Waals surface area contributed by atoms with Gasteiger partial charge in [0.05, 0.1) is 5.69 Å². The highest BCUT2D eigenvalue weighted by atomic mass is 79.9. The van der Waals surface area contributed by atoms with E-state index in [0.29, 0.717) is 18.0 Å². The molecule has 0 radical (unpaired) electrons. The molecule has 1 unspecified atom stereocenters. The number of para-hydroxylation sites is 2. The molecule has 21 heavy (non-hydrogen) atoms. The number of rotatable bonds is 5. The molecule has 0 aliphatic heterocycles. The number of anilines is 1. The minimum absolute atomic E-state index is 0.140. The number of halogens is 1. The number of nitrogens with two attached hydrogens (primary N) is 1. The minimum Gasteiger partial charge on any atom is -0.482 e. The summed E-state index contributed by atoms with van der Waals surface area (Å²) in [6.45, 7) is 1.81. The predicted molar refractivity (Wildman–Crippen MR) is 87.3 cm³/mol. The summed E-state index contributed by atoms with van der Waals surface area (Å²) < 4.78 is 6.97. The largest absolute Gasteiger partial charge is 0.482 e. The van der Waals surface area contributed by atoms with Crippen LogP contribution in [-0.4, -0.2) is 12.5 Å². The molecule has 1 amide bonds. The second-order valence-electron chi connectivity index (χ2n) is 4.57. The maximum atomic E-state index is 11.2. The lowest BCUT2D eigenvalue weighted by molar-refractivity contribution is -0.114. The van der Waals surface area contributed by atoms with Crippen molar-refractivity contribution in [2.24, 2.45) is 5.73 Å². The molecule has 0 heterocycles. The number of nitrogens with one attached hydrogen (secondary N) is 1. The second-order valence-corrected chi connectivity index (χ2v) is 5.49. The summed E-state index contributed by atoms with van der Waals surface area (Å²) in [5.41, 5.74) is 7.44. The van der Waals surface area contributed by atoms with E-state index in [1.165, 1.54) is 6.92 Å². The van der Waals surface area contributed by atoms with Crippen LogP contribution in [0.15, 0.2) is 53.0 Å². The lowest BCUT2D eigenvalue weighted by Gasteiger charge is -2.20. The third-order valence-electron chi connectivity index (χ3n) is 2.92. The van der Waals surface area contributed by atoms with Crippen molar-refractivity contribution >= 4 is 27.5 Å². The fraction of sp³-hybridized carbons (Fsp3) is 0.188. The number of carbonyl (C=O) groups is 1. The van der Waals surface area contributed by atoms with Crippen molar-refractivity contribution in [1.29, 1.82) is 0 Å². The molecule has 0 fully saturated rings. The van der Waals surface area contributed by atoms with Crippen LogP contribution in [0.5, 0.6) is 5.75 Å². The van der Waals surface area contributed by atoms with Gasteiger partial charge in [-0.25, -0.2) is 0 Å². The van der Waals surface area contributed by atoms with Gasteiger partial charge in [-0.1, -0.05) is 40.2 Å². The lowest BCUT2D eigenvalue weighted by Crippen LogP contribution is -2.19. The fourth-order valence-corrected chi connectivity index (χ4v) is 2.21. The van der Waals surface area contributed by atoms with Crippen molar-refractivity contribution in [3.63, 3.8) is 0 Å². The monoisotopic (exact) mass is 348 g/mol. The van der Waals surface area contributed by atoms with Crippen LogP contribution >= 0.6 is 15.9 Å². The lowest BCUT2D eigenvalue weighted by atomic mass is 10.1. The highest BCUT2D eigenvalue weighted by molar-refractivity contribution is 9.10. The van der Waals surface area contributed by atoms with Gasteiger partial charge in [0.25, 0.3) is 0 Å². The van der Waals surface area contributed by atoms with Crippen molar-refractivity contribution in [2.45, 2.75) is 13.0 Å². The number of benzene rings is 2. The molecule has 4 nitrogen and oxygen atoms in total. The van der Waals surface area contributed by atoms with Gasteiger partial charge in [0.1, 0.15) is 11.9 Å². The van der Waals surface area contributed by atoms with Crippen LogP contribution < -0.4 is 15.8 Å². The second kappa shape index (κ2) is 7.24. The number of ether oxygens (including phenoxy) is 1. The SMILES string of the molecule is CC(=O)Nc1ccccc1OC(CN)c1ccc(Br)cc1. The summed E-state index contributed by atoms with van der Waals surface area (Å²) in [5.74, 6) is 0.463. The molecular weight excluding hydrogens is 332 g/mol. The molecule has 110 valence electrons. The Labute approximate surface area is 132 Å². The van der Waals surface area contributed by atoms with Gasteiger partial charge >= 0.3 is 0 Å². The minimum atomic E-state index is -0.270. The van der Waals surface area contributed by atoms with Crippen LogP contribution in [0, 0.1) is 0 Å². The fourth-order valence-electron chi connectivity index (χ4n) is 1.95. The Kier molecular flexibility index (Phi) is 5.36. The Morgan fingerprint density at radius 2 is 1.90 bits per heavy atom. The van der Waals surface area contributed by atoms with Gasteiger partial charge < -0.3 is 15.8 Å². The Bertz CT molecular complexity index is 614. The van der Waals surface area contributed by atoms with Crippen LogP contribution in [-0.2, 0) is 4.79 Å². The van der Waals surface area contributed by atoms with E-state index in [9.17, 15) is 4.79 Å². The summed E-state index contributed by atoms with van der Waals surface area (Å²) >= 11 is 3.40. The van der Waals surface area contributed by atoms with Crippen LogP contribution in [0.25, 0.3) is 0 Å². The van der Waals surface area contributed by atoms with Crippen molar-refractivity contribution in [2.75, 3.05) is 11.9 Å². The quantitative estimate of drug-likeness (QED) is 0.869. The molecule has 0 saturated heterocycles. The molecule has 0 saturated carbocycles. The number of carbonyl (C=O) groups excluding carboxylic acids is 1. The van der Waals surface area contributed by atoms with Crippen LogP contribution in [0.3, 0.4) is 0 Å². The van der Waals surface area contributed by atoms with E-state index in [0.717, 1.165) is 10.0 Å². The molecule has 1 atom stereocenters. The van der Waals surface area contributed by atoms with Crippen LogP contribution in [0.4, 0.5) is 5.69 Å². The highest BCUT2D eigenvalue weighted by Crippen LogP contribution is 2.29. The molecule has 0 aliphatic carbocycles. The Morgan fingerprint density at radius 3 is 2.52 bits per heavy atom. The molecule has 0 spiro atoms. The van der Waals surface area contributed by atoms with Gasteiger partial charge in [-0.05, 0) is 29.8 Å². The first kappa shape index (κ1) is 15.5. The first-order chi connectivity index (χ1) is 10.1. The predicted octanol–water partition coefficient (Wildman–Crippen LogP) is 3.49. The topological polar surface area (TPSA) is 64.3 Å². The summed E-state index contributed by atoms with van der Waals surface area (Å²) in [6, 6.07) is 15.1. The standard InChI is InChI=1S/C16H17BrN2O2/c1-11(20)19-14-4-2-3-5-15(14)21-16(10-18)12-6-8-13(17)9-7-12/h2-9,16H,10,18H2,1H3,(H,19,20). The van der Waals surface area contributed by atoms with Gasteiger partial charge in [-0.2, -0.15) is 0 Å². The molecule has 2 aromatic rings. The van der Waals surface area contributed by atoms with E-state index in [1.807, 2.05) is 42.5 Å². The zero-order valence-corrected chi connectivity index (χ0v) is 13.3. The summed E-state index contributed by atoms with van der Waals surface area (Å²) in [5, 5.41) is 2.75. The first-order valence-corrected chi connectivity index (χ1v) is 7.38. The maximum absolute atomic E-state index is 11.2. The molecular formula is C16H17BrN2O2. The van der Waals surface area contributed by atoms with Gasteiger partial charge in [-0.15, -0.1) is 0 Å². The van der Waals surface area contributed by atoms with Gasteiger partial charge in [-0.3, -0.25) is 4.79 Å². The van der Waals surface area contributed by atoms with Gasteiger partial charge in [0, 0.05) is 17.9 Å². The molecule has 0 bridgehead atoms. The highest BCUT2D eigenvalue weighted by Gasteiger charge is 2.14. The molecule has 0 aromatic heterocycles. The van der Waals surface area contributed by atoms with E-state index in [1.54, 1.807) is 6.07 Å². The molecule has 0 aliphatic rings. The van der Waals surface area contributed by atoms with Crippen LogP contribution in [0.1, 0.15) is 18.6 Å². The first-order valence-electron chi connectivity index (χ1n) is 6.59. The smallest absolute Gasteiger partial charge is 0.221 e. The zero-order chi connectivity index (χ0) is 15.2. The number of amides is 1. The van der Waals surface area contributed by atoms with E-state index < -0.39 is 0 Å². The van der Waals surface area contributed by atoms with Crippen molar-refractivity contribution in [3.8, 4) is 5.75 Å². The average molecular weight is 349 g/mol. The van der Waals surface area contributed by atoms with Crippen molar-refractivity contribution in [1.82, 2.24) is 0 Å². The Balaban J connectivity index is 2.22. The van der Waals surface area contributed by atoms with E-state index in [4.69, 9.17) is 10.5 Å². The molecule has 2 aromatic carbocycles. The third kappa shape index (κ3) is 4.31. The Hall–Kier alpha value is -1.85. The maximum Gasteiger partial charge on any atom is 0.221 e. The van der Waals surface area contributed by atoms with Gasteiger partial charge in [0.15, 0.2) is 0 Å². The van der Waals surface area contributed by atoms with Crippen LogP contribution in [0.2, 0.25) is 0 Å². The molecule has 3 N–H and O–H groups in total. The van der Waals surface area contributed by atoms with Crippen molar-refractivity contribution < 1.29 is 9.53 Å². The summed E-state index contributed by atoms with van der Waals surface area (Å²) in [4.78, 5) is 11.2. The van der Waals surface area contributed by atoms with E-state index in [2.05, 4.69) is 21.2 Å². The van der Waals surface area contributed by atoms with Gasteiger partial charge in [0.2, 0.25) is 5.91 Å². The third-order valence-corrected chi connectivity index (χ3v) is 3.45. The Morgan fingerprint density at radius 1 is 1.24 bits per heavy atom. The normalized spacial score (nSPS) is 11.8.